The predicted molar refractivity (Wildman–Crippen MR) is 35.7 cm³/mol. The zero-order valence-corrected chi connectivity index (χ0v) is 5.96. The highest BCUT2D eigenvalue weighted by Crippen LogP contribution is 2.06. The van der Waals surface area contributed by atoms with Gasteiger partial charge in [0, 0.05) is 6.42 Å². The summed E-state index contributed by atoms with van der Waals surface area (Å²) in [6.07, 6.45) is 0.390. The van der Waals surface area contributed by atoms with Gasteiger partial charge in [0.1, 0.15) is 5.72 Å². The van der Waals surface area contributed by atoms with Crippen LogP contribution < -0.4 is 5.73 Å². The average molecular weight is 133 g/mol. The fraction of sp³-hybridized carbons (Fsp3) is 1.00. The lowest BCUT2D eigenvalue weighted by atomic mass is 10.1. The second kappa shape index (κ2) is 3.15. The predicted octanol–water partition coefficient (Wildman–Crippen LogP) is -0.185. The van der Waals surface area contributed by atoms with Crippen LogP contribution in [0.15, 0.2) is 0 Å². The zero-order chi connectivity index (χ0) is 7.49. The molecule has 3 heteroatoms. The Labute approximate surface area is 55.5 Å². The Balaban J connectivity index is 3.47. The minimum Gasteiger partial charge on any atom is -0.393 e. The van der Waals surface area contributed by atoms with Crippen LogP contribution in [-0.4, -0.2) is 22.0 Å². The van der Waals surface area contributed by atoms with Crippen LogP contribution in [0.1, 0.15) is 26.7 Å². The molecule has 4 N–H and O–H groups in total. The molecule has 56 valence electrons. The lowest BCUT2D eigenvalue weighted by Gasteiger charge is -2.19. The van der Waals surface area contributed by atoms with E-state index < -0.39 is 11.8 Å². The molecule has 3 nitrogen and oxygen atoms in total. The molecule has 0 aliphatic carbocycles. The number of nitrogens with two attached hydrogens (primary N) is 1. The van der Waals surface area contributed by atoms with Gasteiger partial charge in [-0.2, -0.15) is 0 Å². The van der Waals surface area contributed by atoms with Crippen LogP contribution in [0.5, 0.6) is 0 Å². The summed E-state index contributed by atoms with van der Waals surface area (Å²) in [5.41, 5.74) is 3.98. The Morgan fingerprint density at radius 3 is 2.22 bits per heavy atom. The molecular formula is C6H15NO2. The van der Waals surface area contributed by atoms with Gasteiger partial charge >= 0.3 is 0 Å². The van der Waals surface area contributed by atoms with Gasteiger partial charge in [-0.05, 0) is 13.3 Å². The van der Waals surface area contributed by atoms with Gasteiger partial charge in [0.05, 0.1) is 6.10 Å². The molecule has 0 heterocycles. The molecule has 0 saturated heterocycles. The molecule has 0 amide bonds. The molecular weight excluding hydrogens is 118 g/mol. The fourth-order valence-electron chi connectivity index (χ4n) is 0.621. The smallest absolute Gasteiger partial charge is 0.113 e. The van der Waals surface area contributed by atoms with E-state index in [1.54, 1.807) is 0 Å². The maximum absolute atomic E-state index is 8.95. The van der Waals surface area contributed by atoms with E-state index in [2.05, 4.69) is 0 Å². The van der Waals surface area contributed by atoms with Gasteiger partial charge in [-0.3, -0.25) is 0 Å². The molecule has 9 heavy (non-hydrogen) atoms. The summed E-state index contributed by atoms with van der Waals surface area (Å²) in [6, 6.07) is 0. The molecule has 0 aromatic heterocycles. The molecule has 0 saturated carbocycles. The van der Waals surface area contributed by atoms with Crippen molar-refractivity contribution < 1.29 is 10.2 Å². The number of rotatable bonds is 3. The Hall–Kier alpha value is -0.120. The van der Waals surface area contributed by atoms with E-state index in [0.717, 1.165) is 0 Å². The van der Waals surface area contributed by atoms with Crippen molar-refractivity contribution in [2.45, 2.75) is 38.5 Å². The van der Waals surface area contributed by atoms with Crippen molar-refractivity contribution in [1.82, 2.24) is 0 Å². The second-order valence-electron chi connectivity index (χ2n) is 2.62. The summed E-state index contributed by atoms with van der Waals surface area (Å²) in [5.74, 6) is 0. The molecule has 0 aromatic carbocycles. The van der Waals surface area contributed by atoms with Crippen LogP contribution in [-0.2, 0) is 0 Å². The molecule has 0 bridgehead atoms. The van der Waals surface area contributed by atoms with Crippen molar-refractivity contribution in [3.05, 3.63) is 0 Å². The number of hydrogen-bond acceptors (Lipinski definition) is 3. The highest BCUT2D eigenvalue weighted by molar-refractivity contribution is 4.67. The van der Waals surface area contributed by atoms with Gasteiger partial charge in [0.15, 0.2) is 0 Å². The second-order valence-corrected chi connectivity index (χ2v) is 2.62. The Morgan fingerprint density at radius 2 is 2.11 bits per heavy atom. The third-order valence-corrected chi connectivity index (χ3v) is 1.12. The van der Waals surface area contributed by atoms with E-state index in [9.17, 15) is 0 Å². The molecule has 0 fully saturated rings. The monoisotopic (exact) mass is 133 g/mol. The van der Waals surface area contributed by atoms with E-state index in [1.165, 1.54) is 6.92 Å². The summed E-state index contributed by atoms with van der Waals surface area (Å²) >= 11 is 0. The van der Waals surface area contributed by atoms with E-state index in [4.69, 9.17) is 15.9 Å². The first-order valence-electron chi connectivity index (χ1n) is 3.15. The van der Waals surface area contributed by atoms with Crippen molar-refractivity contribution >= 4 is 0 Å². The van der Waals surface area contributed by atoms with E-state index in [-0.39, 0.29) is 6.42 Å². The van der Waals surface area contributed by atoms with Gasteiger partial charge in [-0.15, -0.1) is 0 Å². The quantitative estimate of drug-likeness (QED) is 0.468. The molecule has 0 aliphatic heterocycles. The molecule has 2 unspecified atom stereocenters. The summed E-state index contributed by atoms with van der Waals surface area (Å²) < 4.78 is 0. The van der Waals surface area contributed by atoms with Gasteiger partial charge in [0.25, 0.3) is 0 Å². The first-order chi connectivity index (χ1) is 3.95. The lowest BCUT2D eigenvalue weighted by Crippen LogP contribution is -2.39. The Kier molecular flexibility index (Phi) is 3.11. The number of aliphatic hydroxyl groups excluding tert-OH is 1. The van der Waals surface area contributed by atoms with E-state index in [1.807, 2.05) is 6.92 Å². The molecule has 0 aromatic rings. The van der Waals surface area contributed by atoms with Crippen LogP contribution in [0, 0.1) is 0 Å². The third-order valence-electron chi connectivity index (χ3n) is 1.12. The van der Waals surface area contributed by atoms with Crippen molar-refractivity contribution in [1.29, 1.82) is 0 Å². The van der Waals surface area contributed by atoms with Crippen molar-refractivity contribution in [2.75, 3.05) is 0 Å². The molecule has 0 rings (SSSR count). The van der Waals surface area contributed by atoms with Crippen LogP contribution in [0.2, 0.25) is 0 Å². The first kappa shape index (κ1) is 8.88. The topological polar surface area (TPSA) is 66.5 Å². The van der Waals surface area contributed by atoms with Gasteiger partial charge < -0.3 is 15.9 Å². The standard InChI is InChI=1S/C6H15NO2/c1-3-5(8)4-6(2,7)9/h5,8-9H,3-4,7H2,1-2H3. The van der Waals surface area contributed by atoms with Gasteiger partial charge in [0.2, 0.25) is 0 Å². The fourth-order valence-corrected chi connectivity index (χ4v) is 0.621. The van der Waals surface area contributed by atoms with Gasteiger partial charge in [-0.1, -0.05) is 6.92 Å². The van der Waals surface area contributed by atoms with E-state index in [0.29, 0.717) is 6.42 Å². The highest BCUT2D eigenvalue weighted by Gasteiger charge is 2.16. The molecule has 0 aliphatic rings. The number of aliphatic hydroxyl groups is 2. The summed E-state index contributed by atoms with van der Waals surface area (Å²) in [4.78, 5) is 0. The zero-order valence-electron chi connectivity index (χ0n) is 5.96. The summed E-state index contributed by atoms with van der Waals surface area (Å²) in [5, 5.41) is 17.9. The lowest BCUT2D eigenvalue weighted by molar-refractivity contribution is 0.00799. The Bertz CT molecular complexity index is 77.6. The molecule has 0 spiro atoms. The minimum atomic E-state index is -1.23. The third kappa shape index (κ3) is 5.76. The minimum absolute atomic E-state index is 0.240. The van der Waals surface area contributed by atoms with Crippen LogP contribution >= 0.6 is 0 Å². The SMILES string of the molecule is CCC(O)CC(C)(N)O. The van der Waals surface area contributed by atoms with Crippen LogP contribution in [0.4, 0.5) is 0 Å². The van der Waals surface area contributed by atoms with Gasteiger partial charge in [-0.25, -0.2) is 0 Å². The van der Waals surface area contributed by atoms with Crippen molar-refractivity contribution in [3.63, 3.8) is 0 Å². The molecule has 2 atom stereocenters. The average Bonchev–Trinajstić information content (AvgIpc) is 1.62. The Morgan fingerprint density at radius 1 is 1.67 bits per heavy atom. The van der Waals surface area contributed by atoms with Crippen molar-refractivity contribution in [3.8, 4) is 0 Å². The highest BCUT2D eigenvalue weighted by atomic mass is 16.3. The van der Waals surface area contributed by atoms with Crippen LogP contribution in [0.3, 0.4) is 0 Å². The van der Waals surface area contributed by atoms with Crippen LogP contribution in [0.25, 0.3) is 0 Å². The maximum atomic E-state index is 8.95. The van der Waals surface area contributed by atoms with E-state index >= 15 is 0 Å². The largest absolute Gasteiger partial charge is 0.393 e. The number of hydrogen-bond donors (Lipinski definition) is 3. The summed E-state index contributed by atoms with van der Waals surface area (Å²) in [7, 11) is 0. The summed E-state index contributed by atoms with van der Waals surface area (Å²) in [6.45, 7) is 3.32. The molecule has 0 radical (unpaired) electrons. The first-order valence-corrected chi connectivity index (χ1v) is 3.15. The normalized spacial score (nSPS) is 21.0. The maximum Gasteiger partial charge on any atom is 0.113 e. The van der Waals surface area contributed by atoms with Crippen molar-refractivity contribution in [2.24, 2.45) is 5.73 Å².